The van der Waals surface area contributed by atoms with Crippen LogP contribution in [-0.2, 0) is 4.74 Å². The van der Waals surface area contributed by atoms with E-state index in [2.05, 4.69) is 19.2 Å². The van der Waals surface area contributed by atoms with Gasteiger partial charge in [0.15, 0.2) is 0 Å². The summed E-state index contributed by atoms with van der Waals surface area (Å²) in [5, 5.41) is 3.51. The van der Waals surface area contributed by atoms with Gasteiger partial charge < -0.3 is 15.8 Å². The average Bonchev–Trinajstić information content (AvgIpc) is 2.57. The Kier molecular flexibility index (Phi) is 4.70. The predicted octanol–water partition coefficient (Wildman–Crippen LogP) is 0.596. The van der Waals surface area contributed by atoms with E-state index in [1.54, 1.807) is 0 Å². The van der Waals surface area contributed by atoms with Gasteiger partial charge in [-0.1, -0.05) is 13.8 Å². The lowest BCUT2D eigenvalue weighted by Gasteiger charge is -2.21. The highest BCUT2D eigenvalue weighted by Crippen LogP contribution is 2.09. The SMILES string of the molecule is CC(C)C(CN)CNC1CCOC1. The van der Waals surface area contributed by atoms with Crippen molar-refractivity contribution >= 4 is 0 Å². The summed E-state index contributed by atoms with van der Waals surface area (Å²) in [5.74, 6) is 1.26. The molecule has 1 saturated heterocycles. The molecule has 0 amide bonds. The molecule has 3 nitrogen and oxygen atoms in total. The molecule has 1 heterocycles. The van der Waals surface area contributed by atoms with E-state index >= 15 is 0 Å². The van der Waals surface area contributed by atoms with E-state index in [-0.39, 0.29) is 0 Å². The second-order valence-corrected chi connectivity index (χ2v) is 4.21. The van der Waals surface area contributed by atoms with Crippen LogP contribution in [0.25, 0.3) is 0 Å². The summed E-state index contributed by atoms with van der Waals surface area (Å²) in [5.41, 5.74) is 5.69. The second-order valence-electron chi connectivity index (χ2n) is 4.21. The Hall–Kier alpha value is -0.120. The number of rotatable bonds is 5. The molecule has 13 heavy (non-hydrogen) atoms. The molecule has 3 N–H and O–H groups in total. The van der Waals surface area contributed by atoms with Gasteiger partial charge in [-0.2, -0.15) is 0 Å². The minimum atomic E-state index is 0.563. The summed E-state index contributed by atoms with van der Waals surface area (Å²) in [6, 6.07) is 0.563. The van der Waals surface area contributed by atoms with Crippen molar-refractivity contribution in [3.63, 3.8) is 0 Å². The molecule has 0 aromatic carbocycles. The lowest BCUT2D eigenvalue weighted by molar-refractivity contribution is 0.188. The summed E-state index contributed by atoms with van der Waals surface area (Å²) in [4.78, 5) is 0. The summed E-state index contributed by atoms with van der Waals surface area (Å²) >= 11 is 0. The number of hydrogen-bond donors (Lipinski definition) is 2. The molecular weight excluding hydrogens is 164 g/mol. The Morgan fingerprint density at radius 2 is 2.31 bits per heavy atom. The quantitative estimate of drug-likeness (QED) is 0.661. The van der Waals surface area contributed by atoms with Crippen molar-refractivity contribution < 1.29 is 4.74 Å². The van der Waals surface area contributed by atoms with Crippen molar-refractivity contribution in [3.8, 4) is 0 Å². The molecule has 3 heteroatoms. The van der Waals surface area contributed by atoms with Crippen LogP contribution in [-0.4, -0.2) is 32.3 Å². The van der Waals surface area contributed by atoms with Gasteiger partial charge in [-0.25, -0.2) is 0 Å². The van der Waals surface area contributed by atoms with Gasteiger partial charge in [0.2, 0.25) is 0 Å². The van der Waals surface area contributed by atoms with E-state index in [1.165, 1.54) is 0 Å². The molecule has 78 valence electrons. The number of nitrogens with two attached hydrogens (primary N) is 1. The van der Waals surface area contributed by atoms with Crippen LogP contribution >= 0.6 is 0 Å². The van der Waals surface area contributed by atoms with E-state index in [0.29, 0.717) is 17.9 Å². The predicted molar refractivity (Wildman–Crippen MR) is 54.6 cm³/mol. The van der Waals surface area contributed by atoms with Gasteiger partial charge in [0.05, 0.1) is 6.61 Å². The number of hydrogen-bond acceptors (Lipinski definition) is 3. The molecule has 0 aliphatic carbocycles. The van der Waals surface area contributed by atoms with Crippen LogP contribution < -0.4 is 11.1 Å². The summed E-state index contributed by atoms with van der Waals surface area (Å²) < 4.78 is 5.29. The summed E-state index contributed by atoms with van der Waals surface area (Å²) in [6.45, 7) is 8.04. The van der Waals surface area contributed by atoms with Crippen LogP contribution in [0.3, 0.4) is 0 Å². The second kappa shape index (κ2) is 5.58. The minimum Gasteiger partial charge on any atom is -0.380 e. The summed E-state index contributed by atoms with van der Waals surface area (Å²) in [6.07, 6.45) is 1.15. The van der Waals surface area contributed by atoms with Crippen LogP contribution in [0.5, 0.6) is 0 Å². The van der Waals surface area contributed by atoms with E-state index in [4.69, 9.17) is 10.5 Å². The first kappa shape index (κ1) is 11.0. The van der Waals surface area contributed by atoms with Crippen LogP contribution in [0.1, 0.15) is 20.3 Å². The van der Waals surface area contributed by atoms with Gasteiger partial charge in [0, 0.05) is 12.6 Å². The van der Waals surface area contributed by atoms with Crippen molar-refractivity contribution in [2.75, 3.05) is 26.3 Å². The molecule has 2 atom stereocenters. The van der Waals surface area contributed by atoms with E-state index in [9.17, 15) is 0 Å². The lowest BCUT2D eigenvalue weighted by Crippen LogP contribution is -2.38. The van der Waals surface area contributed by atoms with Crippen LogP contribution in [0.15, 0.2) is 0 Å². The van der Waals surface area contributed by atoms with Gasteiger partial charge >= 0.3 is 0 Å². The van der Waals surface area contributed by atoms with Crippen molar-refractivity contribution in [3.05, 3.63) is 0 Å². The minimum absolute atomic E-state index is 0.563. The Morgan fingerprint density at radius 1 is 1.54 bits per heavy atom. The zero-order valence-corrected chi connectivity index (χ0v) is 8.75. The number of ether oxygens (including phenoxy) is 1. The van der Waals surface area contributed by atoms with Gasteiger partial charge in [-0.3, -0.25) is 0 Å². The first-order chi connectivity index (χ1) is 6.24. The molecule has 0 spiro atoms. The molecule has 1 aliphatic rings. The van der Waals surface area contributed by atoms with E-state index in [1.807, 2.05) is 0 Å². The molecule has 0 aromatic heterocycles. The maximum absolute atomic E-state index is 5.69. The molecule has 0 aromatic rings. The smallest absolute Gasteiger partial charge is 0.0620 e. The van der Waals surface area contributed by atoms with Gasteiger partial charge in [-0.05, 0) is 31.3 Å². The largest absolute Gasteiger partial charge is 0.380 e. The van der Waals surface area contributed by atoms with Crippen molar-refractivity contribution in [2.45, 2.75) is 26.3 Å². The average molecular weight is 186 g/mol. The molecular formula is C10H22N2O. The third-order valence-electron chi connectivity index (χ3n) is 2.84. The third-order valence-corrected chi connectivity index (χ3v) is 2.84. The fraction of sp³-hybridized carbons (Fsp3) is 1.00. The zero-order chi connectivity index (χ0) is 9.68. The highest BCUT2D eigenvalue weighted by atomic mass is 16.5. The molecule has 0 bridgehead atoms. The Bertz CT molecular complexity index is 133. The fourth-order valence-corrected chi connectivity index (χ4v) is 1.60. The highest BCUT2D eigenvalue weighted by Gasteiger charge is 2.17. The third kappa shape index (κ3) is 3.63. The normalized spacial score (nSPS) is 25.4. The van der Waals surface area contributed by atoms with Gasteiger partial charge in [-0.15, -0.1) is 0 Å². The molecule has 0 saturated carbocycles. The number of nitrogens with one attached hydrogen (secondary N) is 1. The van der Waals surface area contributed by atoms with Crippen LogP contribution in [0, 0.1) is 11.8 Å². The van der Waals surface area contributed by atoms with Crippen LogP contribution in [0.2, 0.25) is 0 Å². The first-order valence-electron chi connectivity index (χ1n) is 5.25. The van der Waals surface area contributed by atoms with Crippen molar-refractivity contribution in [2.24, 2.45) is 17.6 Å². The standard InChI is InChI=1S/C10H22N2O/c1-8(2)9(5-11)6-12-10-3-4-13-7-10/h8-10,12H,3-7,11H2,1-2H3. The topological polar surface area (TPSA) is 47.3 Å². The molecule has 1 fully saturated rings. The lowest BCUT2D eigenvalue weighted by atomic mass is 9.96. The van der Waals surface area contributed by atoms with E-state index in [0.717, 1.165) is 32.7 Å². The maximum atomic E-state index is 5.69. The zero-order valence-electron chi connectivity index (χ0n) is 8.75. The highest BCUT2D eigenvalue weighted by molar-refractivity contribution is 4.74. The monoisotopic (exact) mass is 186 g/mol. The van der Waals surface area contributed by atoms with Gasteiger partial charge in [0.25, 0.3) is 0 Å². The molecule has 0 radical (unpaired) electrons. The van der Waals surface area contributed by atoms with Crippen molar-refractivity contribution in [1.29, 1.82) is 0 Å². The van der Waals surface area contributed by atoms with Crippen LogP contribution in [0.4, 0.5) is 0 Å². The maximum Gasteiger partial charge on any atom is 0.0620 e. The Labute approximate surface area is 81.0 Å². The van der Waals surface area contributed by atoms with E-state index < -0.39 is 0 Å². The Morgan fingerprint density at radius 3 is 2.77 bits per heavy atom. The summed E-state index contributed by atoms with van der Waals surface area (Å²) in [7, 11) is 0. The molecule has 1 aliphatic heterocycles. The fourth-order valence-electron chi connectivity index (χ4n) is 1.60. The van der Waals surface area contributed by atoms with Gasteiger partial charge in [0.1, 0.15) is 0 Å². The van der Waals surface area contributed by atoms with Crippen molar-refractivity contribution in [1.82, 2.24) is 5.32 Å². The molecule has 2 unspecified atom stereocenters. The first-order valence-corrected chi connectivity index (χ1v) is 5.25. The molecule has 1 rings (SSSR count). The Balaban J connectivity index is 2.15.